The van der Waals surface area contributed by atoms with Crippen molar-refractivity contribution in [1.29, 1.82) is 0 Å². The second-order valence-corrected chi connectivity index (χ2v) is 6.56. The number of anilines is 1. The Balaban J connectivity index is 1.55. The van der Waals surface area contributed by atoms with E-state index in [4.69, 9.17) is 0 Å². The molecule has 1 aromatic heterocycles. The standard InChI is InChI=1S/C21H23N5O2/c1-3-4-20(27)23-17-9-7-16(8-10-17)13-22-21(28)19-14-26(25-24-19)18-11-5-15(2)6-12-18/h5-12,14H,3-4,13H2,1-2H3,(H,22,28)(H,23,27). The minimum atomic E-state index is -0.293. The predicted molar refractivity (Wildman–Crippen MR) is 107 cm³/mol. The lowest BCUT2D eigenvalue weighted by atomic mass is 10.2. The highest BCUT2D eigenvalue weighted by atomic mass is 16.2. The van der Waals surface area contributed by atoms with E-state index in [1.165, 1.54) is 0 Å². The van der Waals surface area contributed by atoms with Crippen molar-refractivity contribution >= 4 is 17.5 Å². The molecular formula is C21H23N5O2. The Kier molecular flexibility index (Phi) is 6.16. The van der Waals surface area contributed by atoms with Crippen LogP contribution in [0.2, 0.25) is 0 Å². The van der Waals surface area contributed by atoms with Gasteiger partial charge in [0, 0.05) is 18.7 Å². The molecule has 0 fully saturated rings. The van der Waals surface area contributed by atoms with E-state index in [2.05, 4.69) is 20.9 Å². The third kappa shape index (κ3) is 5.03. The Labute approximate surface area is 163 Å². The van der Waals surface area contributed by atoms with Gasteiger partial charge in [-0.1, -0.05) is 42.0 Å². The molecular weight excluding hydrogens is 354 g/mol. The topological polar surface area (TPSA) is 88.9 Å². The van der Waals surface area contributed by atoms with Gasteiger partial charge in [0.25, 0.3) is 5.91 Å². The first-order chi connectivity index (χ1) is 13.5. The number of amides is 2. The van der Waals surface area contributed by atoms with Crippen LogP contribution < -0.4 is 10.6 Å². The van der Waals surface area contributed by atoms with E-state index in [-0.39, 0.29) is 17.5 Å². The van der Waals surface area contributed by atoms with Crippen LogP contribution in [0.3, 0.4) is 0 Å². The second kappa shape index (κ2) is 8.94. The first kappa shape index (κ1) is 19.3. The van der Waals surface area contributed by atoms with Gasteiger partial charge in [0.15, 0.2) is 5.69 Å². The highest BCUT2D eigenvalue weighted by Crippen LogP contribution is 2.11. The van der Waals surface area contributed by atoms with Gasteiger partial charge in [-0.05, 0) is 43.2 Å². The Morgan fingerprint density at radius 3 is 2.43 bits per heavy atom. The summed E-state index contributed by atoms with van der Waals surface area (Å²) in [5.41, 5.74) is 3.92. The Morgan fingerprint density at radius 2 is 1.75 bits per heavy atom. The molecule has 2 amide bonds. The average molecular weight is 377 g/mol. The third-order valence-corrected chi connectivity index (χ3v) is 4.19. The molecule has 2 N–H and O–H groups in total. The summed E-state index contributed by atoms with van der Waals surface area (Å²) in [6, 6.07) is 15.2. The molecule has 7 heteroatoms. The lowest BCUT2D eigenvalue weighted by molar-refractivity contribution is -0.116. The minimum Gasteiger partial charge on any atom is -0.347 e. The van der Waals surface area contributed by atoms with Crippen LogP contribution in [0, 0.1) is 6.92 Å². The van der Waals surface area contributed by atoms with Crippen LogP contribution in [0.25, 0.3) is 5.69 Å². The van der Waals surface area contributed by atoms with Gasteiger partial charge in [-0.3, -0.25) is 9.59 Å². The van der Waals surface area contributed by atoms with Crippen molar-refractivity contribution in [2.24, 2.45) is 0 Å². The van der Waals surface area contributed by atoms with Gasteiger partial charge in [-0.25, -0.2) is 4.68 Å². The molecule has 28 heavy (non-hydrogen) atoms. The minimum absolute atomic E-state index is 0.000200. The van der Waals surface area contributed by atoms with E-state index in [0.717, 1.165) is 28.9 Å². The fourth-order valence-corrected chi connectivity index (χ4v) is 2.62. The number of carbonyl (C=O) groups is 2. The molecule has 0 saturated carbocycles. The van der Waals surface area contributed by atoms with Gasteiger partial charge >= 0.3 is 0 Å². The number of carbonyl (C=O) groups excluding carboxylic acids is 2. The van der Waals surface area contributed by atoms with Gasteiger partial charge in [-0.2, -0.15) is 0 Å². The Hall–Kier alpha value is -3.48. The summed E-state index contributed by atoms with van der Waals surface area (Å²) in [4.78, 5) is 23.9. The summed E-state index contributed by atoms with van der Waals surface area (Å²) in [7, 11) is 0. The van der Waals surface area contributed by atoms with Crippen molar-refractivity contribution in [1.82, 2.24) is 20.3 Å². The molecule has 0 radical (unpaired) electrons. The zero-order valence-electron chi connectivity index (χ0n) is 16.0. The van der Waals surface area contributed by atoms with Gasteiger partial charge < -0.3 is 10.6 Å². The molecule has 0 saturated heterocycles. The van der Waals surface area contributed by atoms with E-state index in [0.29, 0.717) is 13.0 Å². The maximum atomic E-state index is 12.3. The van der Waals surface area contributed by atoms with Crippen LogP contribution in [0.4, 0.5) is 5.69 Å². The van der Waals surface area contributed by atoms with Crippen LogP contribution in [0.5, 0.6) is 0 Å². The second-order valence-electron chi connectivity index (χ2n) is 6.56. The SMILES string of the molecule is CCCC(=O)Nc1ccc(CNC(=O)c2cn(-c3ccc(C)cc3)nn2)cc1. The van der Waals surface area contributed by atoms with Gasteiger partial charge in [-0.15, -0.1) is 5.10 Å². The number of nitrogens with zero attached hydrogens (tertiary/aromatic N) is 3. The largest absolute Gasteiger partial charge is 0.347 e. The number of aryl methyl sites for hydroxylation is 1. The third-order valence-electron chi connectivity index (χ3n) is 4.19. The molecule has 0 aliphatic heterocycles. The van der Waals surface area contributed by atoms with Crippen molar-refractivity contribution < 1.29 is 9.59 Å². The zero-order chi connectivity index (χ0) is 19.9. The average Bonchev–Trinajstić information content (AvgIpc) is 3.18. The molecule has 0 unspecified atom stereocenters. The highest BCUT2D eigenvalue weighted by molar-refractivity contribution is 5.92. The number of benzene rings is 2. The summed E-state index contributed by atoms with van der Waals surface area (Å²) in [5.74, 6) is -0.293. The normalized spacial score (nSPS) is 10.5. The van der Waals surface area contributed by atoms with Crippen molar-refractivity contribution in [2.45, 2.75) is 33.2 Å². The number of rotatable bonds is 7. The molecule has 3 aromatic rings. The number of nitrogens with one attached hydrogen (secondary N) is 2. The van der Waals surface area contributed by atoms with Crippen LogP contribution >= 0.6 is 0 Å². The molecule has 0 atom stereocenters. The lowest BCUT2D eigenvalue weighted by Gasteiger charge is -2.07. The summed E-state index contributed by atoms with van der Waals surface area (Å²) in [5, 5.41) is 13.6. The van der Waals surface area contributed by atoms with Gasteiger partial charge in [0.2, 0.25) is 5.91 Å². The van der Waals surface area contributed by atoms with Crippen LogP contribution in [0.15, 0.2) is 54.7 Å². The quantitative estimate of drug-likeness (QED) is 0.661. The van der Waals surface area contributed by atoms with E-state index in [1.807, 2.05) is 62.4 Å². The number of hydrogen-bond donors (Lipinski definition) is 2. The van der Waals surface area contributed by atoms with Crippen molar-refractivity contribution in [3.8, 4) is 5.69 Å². The summed E-state index contributed by atoms with van der Waals surface area (Å²) < 4.78 is 1.57. The van der Waals surface area contributed by atoms with Gasteiger partial charge in [0.05, 0.1) is 11.9 Å². The van der Waals surface area contributed by atoms with E-state index in [9.17, 15) is 9.59 Å². The Bertz CT molecular complexity index is 946. The lowest BCUT2D eigenvalue weighted by Crippen LogP contribution is -2.23. The fourth-order valence-electron chi connectivity index (χ4n) is 2.62. The van der Waals surface area contributed by atoms with Crippen LogP contribution in [0.1, 0.15) is 41.4 Å². The molecule has 7 nitrogen and oxygen atoms in total. The van der Waals surface area contributed by atoms with E-state index < -0.39 is 0 Å². The van der Waals surface area contributed by atoms with Gasteiger partial charge in [0.1, 0.15) is 0 Å². The molecule has 1 heterocycles. The van der Waals surface area contributed by atoms with Crippen molar-refractivity contribution in [3.63, 3.8) is 0 Å². The Morgan fingerprint density at radius 1 is 1.04 bits per heavy atom. The molecule has 0 aliphatic rings. The fraction of sp³-hybridized carbons (Fsp3) is 0.238. The maximum absolute atomic E-state index is 12.3. The first-order valence-electron chi connectivity index (χ1n) is 9.21. The van der Waals surface area contributed by atoms with E-state index in [1.54, 1.807) is 10.9 Å². The molecule has 0 bridgehead atoms. The van der Waals surface area contributed by atoms with Crippen molar-refractivity contribution in [3.05, 3.63) is 71.5 Å². The molecule has 144 valence electrons. The van der Waals surface area contributed by atoms with Crippen LogP contribution in [-0.2, 0) is 11.3 Å². The monoisotopic (exact) mass is 377 g/mol. The maximum Gasteiger partial charge on any atom is 0.273 e. The van der Waals surface area contributed by atoms with Crippen LogP contribution in [-0.4, -0.2) is 26.8 Å². The van der Waals surface area contributed by atoms with E-state index >= 15 is 0 Å². The first-order valence-corrected chi connectivity index (χ1v) is 9.21. The summed E-state index contributed by atoms with van der Waals surface area (Å²) in [6.07, 6.45) is 2.91. The number of hydrogen-bond acceptors (Lipinski definition) is 4. The molecule has 0 aliphatic carbocycles. The smallest absolute Gasteiger partial charge is 0.273 e. The predicted octanol–water partition coefficient (Wildman–Crippen LogP) is 3.24. The summed E-state index contributed by atoms with van der Waals surface area (Å²) >= 11 is 0. The molecule has 2 aromatic carbocycles. The molecule has 0 spiro atoms. The highest BCUT2D eigenvalue weighted by Gasteiger charge is 2.11. The number of aromatic nitrogens is 3. The zero-order valence-corrected chi connectivity index (χ0v) is 16.0. The molecule has 3 rings (SSSR count). The summed E-state index contributed by atoms with van der Waals surface area (Å²) in [6.45, 7) is 4.33. The van der Waals surface area contributed by atoms with Crippen molar-refractivity contribution in [2.75, 3.05) is 5.32 Å².